The molecule has 0 atom stereocenters. The molecule has 1 aromatic rings. The van der Waals surface area contributed by atoms with Gasteiger partial charge in [0, 0.05) is 26.2 Å². The largest absolute Gasteiger partial charge is 0.497 e. The van der Waals surface area contributed by atoms with Crippen molar-refractivity contribution in [1.29, 1.82) is 0 Å². The number of rotatable bonds is 9. The van der Waals surface area contributed by atoms with Crippen molar-refractivity contribution in [3.63, 3.8) is 0 Å². The lowest BCUT2D eigenvalue weighted by molar-refractivity contribution is -0.131. The number of amides is 1. The number of nitrogens with one attached hydrogen (secondary N) is 1. The fraction of sp³-hybridized carbons (Fsp3) is 0.562. The highest BCUT2D eigenvalue weighted by atomic mass is 35.5. The Labute approximate surface area is 138 Å². The Morgan fingerprint density at radius 3 is 2.50 bits per heavy atom. The van der Waals surface area contributed by atoms with Crippen LogP contribution in [0.4, 0.5) is 0 Å². The van der Waals surface area contributed by atoms with Crippen LogP contribution in [0.2, 0.25) is 0 Å². The quantitative estimate of drug-likeness (QED) is 0.703. The van der Waals surface area contributed by atoms with E-state index in [1.807, 2.05) is 29.2 Å². The number of methoxy groups -OCH3 is 2. The number of hydrogen-bond acceptors (Lipinski definition) is 4. The van der Waals surface area contributed by atoms with Gasteiger partial charge in [0.25, 0.3) is 0 Å². The number of benzene rings is 1. The molecule has 0 bridgehead atoms. The Bertz CT molecular complexity index is 449. The number of carbonyl (C=O) groups is 1. The predicted octanol–water partition coefficient (Wildman–Crippen LogP) is 1.84. The molecule has 124 valence electrons. The summed E-state index contributed by atoms with van der Waals surface area (Å²) in [6.45, 7) is 2.36. The van der Waals surface area contributed by atoms with Gasteiger partial charge in [-0.05, 0) is 30.5 Å². The number of nitrogens with zero attached hydrogens (tertiary/aromatic N) is 1. The molecule has 0 radical (unpaired) electrons. The first-order valence-corrected chi connectivity index (χ1v) is 7.36. The van der Waals surface area contributed by atoms with Gasteiger partial charge < -0.3 is 19.7 Å². The first kappa shape index (κ1) is 18.7. The van der Waals surface area contributed by atoms with Crippen molar-refractivity contribution in [2.24, 2.45) is 0 Å². The molecule has 0 saturated heterocycles. The van der Waals surface area contributed by atoms with Crippen molar-refractivity contribution in [3.05, 3.63) is 29.8 Å². The molecule has 1 N–H and O–H groups in total. The summed E-state index contributed by atoms with van der Waals surface area (Å²) >= 11 is 0. The van der Waals surface area contributed by atoms with E-state index < -0.39 is 0 Å². The molecule has 1 amide bonds. The standard InChI is InChI=1S/C16H24N2O3.ClH/c1-20-10-9-17-11-16(19)18(14-5-6-14)12-13-3-7-15(21-2)8-4-13;/h3-4,7-8,14,17H,5-6,9-12H2,1-2H3;1H. The molecular weight excluding hydrogens is 304 g/mol. The summed E-state index contributed by atoms with van der Waals surface area (Å²) in [5.41, 5.74) is 1.13. The van der Waals surface area contributed by atoms with Crippen LogP contribution in [0.25, 0.3) is 0 Å². The van der Waals surface area contributed by atoms with Gasteiger partial charge in [0.15, 0.2) is 0 Å². The van der Waals surface area contributed by atoms with Crippen molar-refractivity contribution in [3.8, 4) is 5.75 Å². The van der Waals surface area contributed by atoms with Gasteiger partial charge in [-0.15, -0.1) is 12.4 Å². The van der Waals surface area contributed by atoms with Gasteiger partial charge in [0.2, 0.25) is 5.91 Å². The maximum Gasteiger partial charge on any atom is 0.237 e. The lowest BCUT2D eigenvalue weighted by atomic mass is 10.2. The zero-order valence-corrected chi connectivity index (χ0v) is 14.0. The summed E-state index contributed by atoms with van der Waals surface area (Å²) in [6, 6.07) is 8.30. The van der Waals surface area contributed by atoms with E-state index in [-0.39, 0.29) is 18.3 Å². The maximum atomic E-state index is 12.3. The predicted molar refractivity (Wildman–Crippen MR) is 88.6 cm³/mol. The molecule has 1 saturated carbocycles. The third-order valence-electron chi connectivity index (χ3n) is 3.58. The van der Waals surface area contributed by atoms with Gasteiger partial charge in [-0.3, -0.25) is 4.79 Å². The van der Waals surface area contributed by atoms with Crippen molar-refractivity contribution in [1.82, 2.24) is 10.2 Å². The molecule has 1 aliphatic carbocycles. The highest BCUT2D eigenvalue weighted by Gasteiger charge is 2.32. The van der Waals surface area contributed by atoms with Crippen LogP contribution in [0, 0.1) is 0 Å². The molecule has 5 nitrogen and oxygen atoms in total. The number of hydrogen-bond donors (Lipinski definition) is 1. The van der Waals surface area contributed by atoms with Crippen LogP contribution in [0.3, 0.4) is 0 Å². The van der Waals surface area contributed by atoms with E-state index in [0.717, 1.165) is 24.2 Å². The van der Waals surface area contributed by atoms with Gasteiger partial charge in [-0.25, -0.2) is 0 Å². The van der Waals surface area contributed by atoms with Crippen LogP contribution in [-0.2, 0) is 16.1 Å². The van der Waals surface area contributed by atoms with E-state index in [2.05, 4.69) is 5.32 Å². The summed E-state index contributed by atoms with van der Waals surface area (Å²) < 4.78 is 10.1. The molecule has 1 aromatic carbocycles. The van der Waals surface area contributed by atoms with Gasteiger partial charge in [-0.2, -0.15) is 0 Å². The second-order valence-electron chi connectivity index (χ2n) is 5.27. The monoisotopic (exact) mass is 328 g/mol. The van der Waals surface area contributed by atoms with E-state index in [1.165, 1.54) is 0 Å². The summed E-state index contributed by atoms with van der Waals surface area (Å²) in [5.74, 6) is 0.994. The minimum atomic E-state index is 0. The minimum Gasteiger partial charge on any atom is -0.497 e. The Kier molecular flexibility index (Phi) is 8.24. The van der Waals surface area contributed by atoms with Crippen molar-refractivity contribution < 1.29 is 14.3 Å². The zero-order chi connectivity index (χ0) is 15.1. The molecule has 0 heterocycles. The second-order valence-corrected chi connectivity index (χ2v) is 5.27. The molecule has 0 aromatic heterocycles. The molecule has 0 spiro atoms. The molecule has 22 heavy (non-hydrogen) atoms. The smallest absolute Gasteiger partial charge is 0.237 e. The van der Waals surface area contributed by atoms with E-state index in [4.69, 9.17) is 9.47 Å². The van der Waals surface area contributed by atoms with Gasteiger partial charge in [0.05, 0.1) is 20.3 Å². The van der Waals surface area contributed by atoms with Crippen LogP contribution in [0.1, 0.15) is 18.4 Å². The number of halogens is 1. The Morgan fingerprint density at radius 1 is 1.27 bits per heavy atom. The number of carbonyl (C=O) groups excluding carboxylic acids is 1. The average Bonchev–Trinajstić information content (AvgIpc) is 3.34. The van der Waals surface area contributed by atoms with Crippen molar-refractivity contribution in [2.45, 2.75) is 25.4 Å². The van der Waals surface area contributed by atoms with Crippen LogP contribution in [0.5, 0.6) is 5.75 Å². The van der Waals surface area contributed by atoms with Gasteiger partial charge >= 0.3 is 0 Å². The average molecular weight is 329 g/mol. The summed E-state index contributed by atoms with van der Waals surface area (Å²) in [4.78, 5) is 14.3. The normalized spacial score (nSPS) is 13.4. The summed E-state index contributed by atoms with van der Waals surface area (Å²) in [5, 5.41) is 3.12. The van der Waals surface area contributed by atoms with E-state index in [1.54, 1.807) is 14.2 Å². The first-order chi connectivity index (χ1) is 10.2. The summed E-state index contributed by atoms with van der Waals surface area (Å²) in [6.07, 6.45) is 2.22. The third kappa shape index (κ3) is 5.83. The minimum absolute atomic E-state index is 0. The fourth-order valence-corrected chi connectivity index (χ4v) is 2.21. The first-order valence-electron chi connectivity index (χ1n) is 7.36. The second kappa shape index (κ2) is 9.66. The molecule has 0 unspecified atom stereocenters. The molecule has 2 rings (SSSR count). The third-order valence-corrected chi connectivity index (χ3v) is 3.58. The SMILES string of the molecule is COCCNCC(=O)N(Cc1ccc(OC)cc1)C1CC1.Cl. The van der Waals surface area contributed by atoms with Crippen LogP contribution in [-0.4, -0.2) is 50.8 Å². The molecule has 0 aliphatic heterocycles. The lowest BCUT2D eigenvalue weighted by Gasteiger charge is -2.23. The van der Waals surface area contributed by atoms with Crippen LogP contribution < -0.4 is 10.1 Å². The van der Waals surface area contributed by atoms with Crippen LogP contribution in [0.15, 0.2) is 24.3 Å². The molecule has 1 fully saturated rings. The maximum absolute atomic E-state index is 12.3. The van der Waals surface area contributed by atoms with E-state index in [0.29, 0.717) is 32.3 Å². The molecule has 1 aliphatic rings. The van der Waals surface area contributed by atoms with Crippen molar-refractivity contribution >= 4 is 18.3 Å². The van der Waals surface area contributed by atoms with E-state index >= 15 is 0 Å². The molecular formula is C16H25ClN2O3. The Balaban J connectivity index is 0.00000242. The fourth-order valence-electron chi connectivity index (χ4n) is 2.21. The number of ether oxygens (including phenoxy) is 2. The van der Waals surface area contributed by atoms with Crippen molar-refractivity contribution in [2.75, 3.05) is 33.9 Å². The Morgan fingerprint density at radius 2 is 1.95 bits per heavy atom. The zero-order valence-electron chi connectivity index (χ0n) is 13.2. The van der Waals surface area contributed by atoms with Gasteiger partial charge in [0.1, 0.15) is 5.75 Å². The topological polar surface area (TPSA) is 50.8 Å². The highest BCUT2D eigenvalue weighted by Crippen LogP contribution is 2.28. The van der Waals surface area contributed by atoms with Gasteiger partial charge in [-0.1, -0.05) is 12.1 Å². The lowest BCUT2D eigenvalue weighted by Crippen LogP contribution is -2.39. The summed E-state index contributed by atoms with van der Waals surface area (Å²) in [7, 11) is 3.31. The van der Waals surface area contributed by atoms with Crippen LogP contribution >= 0.6 is 12.4 Å². The molecule has 6 heteroatoms. The Hall–Kier alpha value is -1.30. The highest BCUT2D eigenvalue weighted by molar-refractivity contribution is 5.85. The van der Waals surface area contributed by atoms with E-state index in [9.17, 15) is 4.79 Å².